The summed E-state index contributed by atoms with van der Waals surface area (Å²) in [5.74, 6) is 3.38. The van der Waals surface area contributed by atoms with Gasteiger partial charge in [-0.15, -0.1) is 0 Å². The van der Waals surface area contributed by atoms with Gasteiger partial charge in [0, 0.05) is 24.7 Å². The third-order valence-electron chi connectivity index (χ3n) is 4.35. The predicted octanol–water partition coefficient (Wildman–Crippen LogP) is 2.53. The first-order valence-electron chi connectivity index (χ1n) is 8.91. The van der Waals surface area contributed by atoms with E-state index < -0.39 is 6.04 Å². The third-order valence-corrected chi connectivity index (χ3v) is 4.35. The number of hydrogen-bond donors (Lipinski definition) is 3. The van der Waals surface area contributed by atoms with Crippen molar-refractivity contribution in [1.82, 2.24) is 15.2 Å². The van der Waals surface area contributed by atoms with Gasteiger partial charge in [-0.1, -0.05) is 12.1 Å². The number of benzene rings is 2. The number of nitrogens with two attached hydrogens (primary N) is 1. The summed E-state index contributed by atoms with van der Waals surface area (Å²) in [6.45, 7) is 0.702. The van der Waals surface area contributed by atoms with Crippen molar-refractivity contribution >= 4 is 5.69 Å². The fraction of sp³-hybridized carbons (Fsp3) is 0.300. The number of ether oxygens (including phenoxy) is 3. The van der Waals surface area contributed by atoms with Crippen molar-refractivity contribution in [1.29, 1.82) is 0 Å². The van der Waals surface area contributed by atoms with Crippen molar-refractivity contribution in [2.24, 2.45) is 5.73 Å². The molecule has 0 spiro atoms. The Labute approximate surface area is 164 Å². The highest BCUT2D eigenvalue weighted by Crippen LogP contribution is 2.30. The number of nitrogens with one attached hydrogen (secondary N) is 2. The highest BCUT2D eigenvalue weighted by Gasteiger charge is 2.17. The van der Waals surface area contributed by atoms with Crippen LogP contribution in [-0.2, 0) is 6.42 Å². The van der Waals surface area contributed by atoms with Crippen molar-refractivity contribution in [3.8, 4) is 17.2 Å². The lowest BCUT2D eigenvalue weighted by atomic mass is 10.1. The topological polar surface area (TPSA) is 107 Å². The number of aromatic nitrogens is 3. The third kappa shape index (κ3) is 4.52. The van der Waals surface area contributed by atoms with Crippen LogP contribution in [0.1, 0.15) is 23.3 Å². The molecule has 4 N–H and O–H groups in total. The first-order chi connectivity index (χ1) is 13.6. The molecule has 0 aliphatic heterocycles. The zero-order valence-electron chi connectivity index (χ0n) is 16.2. The van der Waals surface area contributed by atoms with Gasteiger partial charge in [0.25, 0.3) is 0 Å². The van der Waals surface area contributed by atoms with E-state index >= 15 is 0 Å². The molecular weight excluding hydrogens is 358 g/mol. The average molecular weight is 383 g/mol. The minimum Gasteiger partial charge on any atom is -0.497 e. The van der Waals surface area contributed by atoms with Crippen LogP contribution < -0.4 is 25.3 Å². The van der Waals surface area contributed by atoms with Crippen LogP contribution in [-0.4, -0.2) is 43.1 Å². The molecule has 0 aliphatic carbocycles. The van der Waals surface area contributed by atoms with Crippen molar-refractivity contribution in [3.05, 3.63) is 59.7 Å². The van der Waals surface area contributed by atoms with E-state index in [1.165, 1.54) is 0 Å². The van der Waals surface area contributed by atoms with Crippen LogP contribution in [0.5, 0.6) is 17.2 Å². The molecule has 8 nitrogen and oxygen atoms in total. The fourth-order valence-electron chi connectivity index (χ4n) is 2.81. The lowest BCUT2D eigenvalue weighted by Gasteiger charge is -2.12. The van der Waals surface area contributed by atoms with Crippen LogP contribution in [0, 0.1) is 0 Å². The molecule has 0 fully saturated rings. The van der Waals surface area contributed by atoms with Gasteiger partial charge < -0.3 is 25.3 Å². The summed E-state index contributed by atoms with van der Waals surface area (Å²) in [5.41, 5.74) is 8.16. The van der Waals surface area contributed by atoms with Crippen molar-refractivity contribution in [2.45, 2.75) is 12.5 Å². The number of rotatable bonds is 9. The zero-order valence-corrected chi connectivity index (χ0v) is 16.2. The Morgan fingerprint density at radius 1 is 1.04 bits per heavy atom. The summed E-state index contributed by atoms with van der Waals surface area (Å²) in [4.78, 5) is 4.52. The molecule has 0 saturated heterocycles. The maximum Gasteiger partial charge on any atom is 0.171 e. The van der Waals surface area contributed by atoms with E-state index in [1.54, 1.807) is 21.3 Å². The molecular formula is C20H25N5O3. The van der Waals surface area contributed by atoms with E-state index in [0.29, 0.717) is 30.3 Å². The molecule has 0 amide bonds. The molecule has 28 heavy (non-hydrogen) atoms. The van der Waals surface area contributed by atoms with E-state index in [1.807, 2.05) is 42.5 Å². The summed E-state index contributed by atoms with van der Waals surface area (Å²) in [5, 5.41) is 10.6. The number of methoxy groups -OCH3 is 3. The Balaban J connectivity index is 1.61. The minimum atomic E-state index is -0.462. The zero-order chi connectivity index (χ0) is 19.9. The SMILES string of the molecule is COc1cccc(NCCc2nc(C(N)c3ccc(OC)c(OC)c3)n[nH]2)c1. The van der Waals surface area contributed by atoms with Gasteiger partial charge in [-0.3, -0.25) is 5.10 Å². The molecule has 0 radical (unpaired) electrons. The van der Waals surface area contributed by atoms with Gasteiger partial charge in [0.15, 0.2) is 17.3 Å². The Bertz CT molecular complexity index is 912. The maximum atomic E-state index is 6.33. The van der Waals surface area contributed by atoms with Crippen LogP contribution in [0.3, 0.4) is 0 Å². The standard InChI is InChI=1S/C20H25N5O3/c1-26-15-6-4-5-14(12-15)22-10-9-18-23-20(25-24-18)19(21)13-7-8-16(27-2)17(11-13)28-3/h4-8,11-12,19,22H,9-10,21H2,1-3H3,(H,23,24,25). The number of anilines is 1. The van der Waals surface area contributed by atoms with Crippen molar-refractivity contribution in [3.63, 3.8) is 0 Å². The van der Waals surface area contributed by atoms with Crippen molar-refractivity contribution in [2.75, 3.05) is 33.2 Å². The quantitative estimate of drug-likeness (QED) is 0.521. The molecule has 0 bridgehead atoms. The molecule has 3 rings (SSSR count). The molecule has 148 valence electrons. The number of hydrogen-bond acceptors (Lipinski definition) is 7. The minimum absolute atomic E-state index is 0.462. The lowest BCUT2D eigenvalue weighted by molar-refractivity contribution is 0.354. The second-order valence-corrected chi connectivity index (χ2v) is 6.14. The molecule has 3 aromatic rings. The Morgan fingerprint density at radius 3 is 2.61 bits per heavy atom. The van der Waals surface area contributed by atoms with Gasteiger partial charge in [0.05, 0.1) is 27.4 Å². The summed E-state index contributed by atoms with van der Waals surface area (Å²) in [7, 11) is 4.84. The Morgan fingerprint density at radius 2 is 1.86 bits per heavy atom. The fourth-order valence-corrected chi connectivity index (χ4v) is 2.81. The van der Waals surface area contributed by atoms with E-state index in [9.17, 15) is 0 Å². The molecule has 1 aromatic heterocycles. The predicted molar refractivity (Wildman–Crippen MR) is 107 cm³/mol. The second kappa shape index (κ2) is 9.09. The highest BCUT2D eigenvalue weighted by atomic mass is 16.5. The molecule has 0 saturated carbocycles. The Kier molecular flexibility index (Phi) is 6.33. The van der Waals surface area contributed by atoms with Gasteiger partial charge in [-0.05, 0) is 29.8 Å². The van der Waals surface area contributed by atoms with E-state index in [-0.39, 0.29) is 0 Å². The van der Waals surface area contributed by atoms with E-state index in [2.05, 4.69) is 20.5 Å². The molecule has 0 aliphatic rings. The van der Waals surface area contributed by atoms with Crippen LogP contribution in [0.2, 0.25) is 0 Å². The maximum absolute atomic E-state index is 6.33. The normalized spacial score (nSPS) is 11.7. The number of aromatic amines is 1. The van der Waals surface area contributed by atoms with Gasteiger partial charge in [-0.25, -0.2) is 4.98 Å². The average Bonchev–Trinajstić information content (AvgIpc) is 3.21. The lowest BCUT2D eigenvalue weighted by Crippen LogP contribution is -2.14. The summed E-state index contributed by atoms with van der Waals surface area (Å²) in [6.07, 6.45) is 0.683. The first-order valence-corrected chi connectivity index (χ1v) is 8.91. The number of nitrogens with zero attached hydrogens (tertiary/aromatic N) is 2. The largest absolute Gasteiger partial charge is 0.497 e. The monoisotopic (exact) mass is 383 g/mol. The summed E-state index contributed by atoms with van der Waals surface area (Å²) in [6, 6.07) is 12.9. The highest BCUT2D eigenvalue weighted by molar-refractivity contribution is 5.48. The van der Waals surface area contributed by atoms with Gasteiger partial charge in [-0.2, -0.15) is 5.10 Å². The van der Waals surface area contributed by atoms with Crippen LogP contribution in [0.25, 0.3) is 0 Å². The molecule has 2 aromatic carbocycles. The number of H-pyrrole nitrogens is 1. The molecule has 1 unspecified atom stereocenters. The van der Waals surface area contributed by atoms with Crippen molar-refractivity contribution < 1.29 is 14.2 Å². The van der Waals surface area contributed by atoms with Gasteiger partial charge in [0.1, 0.15) is 11.6 Å². The summed E-state index contributed by atoms with van der Waals surface area (Å²) >= 11 is 0. The Hall–Kier alpha value is -3.26. The van der Waals surface area contributed by atoms with E-state index in [0.717, 1.165) is 22.8 Å². The smallest absolute Gasteiger partial charge is 0.171 e. The van der Waals surface area contributed by atoms with Gasteiger partial charge >= 0.3 is 0 Å². The van der Waals surface area contributed by atoms with Crippen LogP contribution in [0.15, 0.2) is 42.5 Å². The molecule has 1 atom stereocenters. The second-order valence-electron chi connectivity index (χ2n) is 6.14. The van der Waals surface area contributed by atoms with Crippen LogP contribution >= 0.6 is 0 Å². The molecule has 8 heteroatoms. The van der Waals surface area contributed by atoms with Gasteiger partial charge in [0.2, 0.25) is 0 Å². The first kappa shape index (κ1) is 19.5. The summed E-state index contributed by atoms with van der Waals surface area (Å²) < 4.78 is 15.8. The van der Waals surface area contributed by atoms with Crippen LogP contribution in [0.4, 0.5) is 5.69 Å². The van der Waals surface area contributed by atoms with E-state index in [4.69, 9.17) is 19.9 Å². The molecule has 1 heterocycles.